The van der Waals surface area contributed by atoms with Crippen LogP contribution in [0.2, 0.25) is 0 Å². The molecule has 3 nitrogen and oxygen atoms in total. The topological polar surface area (TPSA) is 42.3 Å². The molecule has 0 amide bonds. The average molecular weight is 384 g/mol. The Kier molecular flexibility index (Phi) is 5.87. The molecule has 2 rings (SSSR count). The minimum atomic E-state index is -0.878. The van der Waals surface area contributed by atoms with Crippen LogP contribution in [0.25, 0.3) is 0 Å². The number of benzene rings is 1. The highest BCUT2D eigenvalue weighted by atomic mass is 17.2. The minimum absolute atomic E-state index is 0.192. The number of nitrogens with one attached hydrogen (secondary N) is 1. The van der Waals surface area contributed by atoms with Crippen molar-refractivity contribution in [2.24, 2.45) is 10.8 Å². The van der Waals surface area contributed by atoms with Gasteiger partial charge in [0.2, 0.25) is 0 Å². The van der Waals surface area contributed by atoms with Crippen LogP contribution in [-0.2, 0) is 15.4 Å². The van der Waals surface area contributed by atoms with E-state index >= 15 is 0 Å². The highest BCUT2D eigenvalue weighted by Crippen LogP contribution is 2.45. The van der Waals surface area contributed by atoms with Gasteiger partial charge in [0.1, 0.15) is 0 Å². The van der Waals surface area contributed by atoms with E-state index in [0.717, 1.165) is 16.7 Å². The molecular weight excluding hydrogens is 346 g/mol. The van der Waals surface area contributed by atoms with E-state index < -0.39 is 11.2 Å². The van der Waals surface area contributed by atoms with Crippen LogP contribution in [0.5, 0.6) is 0 Å². The predicted molar refractivity (Wildman–Crippen MR) is 118 cm³/mol. The zero-order chi connectivity index (χ0) is 21.5. The summed E-state index contributed by atoms with van der Waals surface area (Å²) in [4.78, 5) is 12.1. The second kappa shape index (κ2) is 7.27. The van der Waals surface area contributed by atoms with Crippen LogP contribution in [0.4, 0.5) is 0 Å². The highest BCUT2D eigenvalue weighted by Gasteiger charge is 2.42. The number of rotatable bonds is 3. The maximum absolute atomic E-state index is 8.91. The SMILES string of the molecule is Cc1ccc(C2(OOC(C)(C)C)C=C(C(C)(C)C)C(=N)C(C(C)(C)C)=C2)cc1. The van der Waals surface area contributed by atoms with Crippen LogP contribution >= 0.6 is 0 Å². The lowest BCUT2D eigenvalue weighted by molar-refractivity contribution is -0.388. The van der Waals surface area contributed by atoms with Crippen molar-refractivity contribution in [3.05, 3.63) is 58.7 Å². The maximum atomic E-state index is 8.91. The minimum Gasteiger partial charge on any atom is -0.300 e. The van der Waals surface area contributed by atoms with E-state index in [9.17, 15) is 0 Å². The molecule has 1 aliphatic carbocycles. The first-order valence-electron chi connectivity index (χ1n) is 10.1. The van der Waals surface area contributed by atoms with Gasteiger partial charge in [-0.15, -0.1) is 0 Å². The van der Waals surface area contributed by atoms with Crippen molar-refractivity contribution < 1.29 is 9.78 Å². The average Bonchev–Trinajstić information content (AvgIpc) is 2.52. The number of allylic oxidation sites excluding steroid dienone is 2. The molecule has 154 valence electrons. The molecule has 0 saturated heterocycles. The molecule has 0 saturated carbocycles. The summed E-state index contributed by atoms with van der Waals surface area (Å²) in [6.07, 6.45) is 4.14. The summed E-state index contributed by atoms with van der Waals surface area (Å²) < 4.78 is 0. The van der Waals surface area contributed by atoms with Crippen molar-refractivity contribution in [2.75, 3.05) is 0 Å². The van der Waals surface area contributed by atoms with E-state index in [1.165, 1.54) is 5.56 Å². The lowest BCUT2D eigenvalue weighted by atomic mass is 9.68. The summed E-state index contributed by atoms with van der Waals surface area (Å²) in [5, 5.41) is 8.91. The molecule has 28 heavy (non-hydrogen) atoms. The van der Waals surface area contributed by atoms with E-state index in [1.807, 2.05) is 20.8 Å². The monoisotopic (exact) mass is 383 g/mol. The van der Waals surface area contributed by atoms with Crippen molar-refractivity contribution in [3.63, 3.8) is 0 Å². The fraction of sp³-hybridized carbons (Fsp3) is 0.560. The standard InChI is InChI=1S/C25H37NO2/c1-17-11-13-18(14-12-17)25(28-27-24(8,9)10)15-19(22(2,3)4)21(26)20(16-25)23(5,6)7/h11-16,26H,1-10H3. The van der Waals surface area contributed by atoms with Crippen LogP contribution in [-0.4, -0.2) is 11.3 Å². The van der Waals surface area contributed by atoms with Gasteiger partial charge in [0.25, 0.3) is 0 Å². The third-order valence-electron chi connectivity index (χ3n) is 4.80. The van der Waals surface area contributed by atoms with Gasteiger partial charge in [-0.3, -0.25) is 0 Å². The first kappa shape index (κ1) is 22.6. The summed E-state index contributed by atoms with van der Waals surface area (Å²) in [5.41, 5.74) is 3.01. The highest BCUT2D eigenvalue weighted by molar-refractivity contribution is 6.13. The Morgan fingerprint density at radius 3 is 1.54 bits per heavy atom. The van der Waals surface area contributed by atoms with Crippen molar-refractivity contribution >= 4 is 5.71 Å². The van der Waals surface area contributed by atoms with Crippen molar-refractivity contribution in [3.8, 4) is 0 Å². The molecule has 1 N–H and O–H groups in total. The summed E-state index contributed by atoms with van der Waals surface area (Å²) >= 11 is 0. The fourth-order valence-corrected chi connectivity index (χ4v) is 3.21. The van der Waals surface area contributed by atoms with Gasteiger partial charge in [-0.25, -0.2) is 9.78 Å². The van der Waals surface area contributed by atoms with Crippen molar-refractivity contribution in [1.82, 2.24) is 0 Å². The lowest BCUT2D eigenvalue weighted by Crippen LogP contribution is -2.38. The molecular formula is C25H37NO2. The maximum Gasteiger partial charge on any atom is 0.166 e. The molecule has 0 fully saturated rings. The van der Waals surface area contributed by atoms with Crippen LogP contribution in [0.15, 0.2) is 47.6 Å². The fourth-order valence-electron chi connectivity index (χ4n) is 3.21. The Balaban J connectivity index is 2.78. The summed E-state index contributed by atoms with van der Waals surface area (Å²) in [7, 11) is 0. The van der Waals surface area contributed by atoms with E-state index in [2.05, 4.69) is 84.9 Å². The molecule has 0 spiro atoms. The van der Waals surface area contributed by atoms with Crippen molar-refractivity contribution in [1.29, 1.82) is 5.41 Å². The van der Waals surface area contributed by atoms with Crippen LogP contribution in [0.1, 0.15) is 73.4 Å². The summed E-state index contributed by atoms with van der Waals surface area (Å²) in [5.74, 6) is 0. The molecule has 0 heterocycles. The molecule has 3 heteroatoms. The number of hydrogen-bond acceptors (Lipinski definition) is 3. The van der Waals surface area contributed by atoms with E-state index in [0.29, 0.717) is 5.71 Å². The molecule has 0 aromatic heterocycles. The van der Waals surface area contributed by atoms with Crippen LogP contribution in [0.3, 0.4) is 0 Å². The zero-order valence-electron chi connectivity index (χ0n) is 19.3. The van der Waals surface area contributed by atoms with Gasteiger partial charge in [0, 0.05) is 0 Å². The zero-order valence-corrected chi connectivity index (χ0v) is 19.3. The molecule has 1 aliphatic rings. The van der Waals surface area contributed by atoms with Crippen LogP contribution in [0, 0.1) is 23.2 Å². The molecule has 0 bridgehead atoms. The van der Waals surface area contributed by atoms with Crippen LogP contribution < -0.4 is 0 Å². The van der Waals surface area contributed by atoms with Gasteiger partial charge >= 0.3 is 0 Å². The Bertz CT molecular complexity index is 757. The van der Waals surface area contributed by atoms with Gasteiger partial charge < -0.3 is 5.41 Å². The summed E-state index contributed by atoms with van der Waals surface area (Å²) in [6.45, 7) is 20.9. The van der Waals surface area contributed by atoms with Gasteiger partial charge in [-0.1, -0.05) is 71.4 Å². The van der Waals surface area contributed by atoms with Crippen molar-refractivity contribution in [2.45, 2.75) is 80.4 Å². The second-order valence-corrected chi connectivity index (χ2v) is 10.9. The molecule has 0 unspecified atom stereocenters. The second-order valence-electron chi connectivity index (χ2n) is 10.9. The third-order valence-corrected chi connectivity index (χ3v) is 4.80. The third kappa shape index (κ3) is 5.01. The molecule has 0 aliphatic heterocycles. The number of aryl methyl sites for hydroxylation is 1. The van der Waals surface area contributed by atoms with E-state index in [1.54, 1.807) is 0 Å². The van der Waals surface area contributed by atoms with Gasteiger partial charge in [-0.05, 0) is 67.4 Å². The normalized spacial score (nSPS) is 21.4. The molecule has 1 aromatic rings. The molecule has 0 radical (unpaired) electrons. The lowest BCUT2D eigenvalue weighted by Gasteiger charge is -2.40. The first-order chi connectivity index (χ1) is 12.6. The Labute approximate surface area is 171 Å². The molecule has 0 atom stereocenters. The van der Waals surface area contributed by atoms with Gasteiger partial charge in [0.05, 0.1) is 11.3 Å². The Morgan fingerprint density at radius 2 is 1.18 bits per heavy atom. The van der Waals surface area contributed by atoms with Gasteiger partial charge in [0.15, 0.2) is 5.60 Å². The largest absolute Gasteiger partial charge is 0.300 e. The summed E-state index contributed by atoms with van der Waals surface area (Å²) in [6, 6.07) is 8.35. The Hall–Kier alpha value is -1.71. The Morgan fingerprint density at radius 1 is 0.750 bits per heavy atom. The van der Waals surface area contributed by atoms with E-state index in [-0.39, 0.29) is 10.8 Å². The van der Waals surface area contributed by atoms with Gasteiger partial charge in [-0.2, -0.15) is 0 Å². The smallest absolute Gasteiger partial charge is 0.166 e. The molecule has 1 aromatic carbocycles. The quantitative estimate of drug-likeness (QED) is 0.455. The predicted octanol–water partition coefficient (Wildman–Crippen LogP) is 6.92. The number of hydrogen-bond donors (Lipinski definition) is 1. The van der Waals surface area contributed by atoms with E-state index in [4.69, 9.17) is 15.2 Å². The first-order valence-corrected chi connectivity index (χ1v) is 10.1.